The Morgan fingerprint density at radius 2 is 1.70 bits per heavy atom. The molecular weight excluding hydrogens is 596 g/mol. The Hall–Kier alpha value is -4.15. The smallest absolute Gasteiger partial charge is 0.251 e. The number of nitrogens with one attached hydrogen (secondary N) is 2. The number of ether oxygens (including phenoxy) is 1. The molecule has 0 spiro atoms. The highest BCUT2D eigenvalue weighted by Crippen LogP contribution is 2.45. The molecule has 0 radical (unpaired) electrons. The Bertz CT molecular complexity index is 1660. The second kappa shape index (κ2) is 14.5. The highest BCUT2D eigenvalue weighted by atomic mass is 35.5. The SMILES string of the molecule is CC(=O)NCCCNC(=O)c1cccc(S(C)(C)C)c1.COc1ccc2c(c1)C(c1ccc(Cl)cc1)=NCc1nnc(C)n1-2. The monoisotopic (exact) mass is 634 g/mol. The van der Waals surface area contributed by atoms with E-state index in [-0.39, 0.29) is 11.8 Å². The van der Waals surface area contributed by atoms with Crippen LogP contribution in [-0.4, -0.2) is 71.3 Å². The third-order valence-corrected chi connectivity index (χ3v) is 8.82. The number of amides is 2. The predicted molar refractivity (Wildman–Crippen MR) is 179 cm³/mol. The summed E-state index contributed by atoms with van der Waals surface area (Å²) in [7, 11) is 0.835. The highest BCUT2D eigenvalue weighted by molar-refractivity contribution is 8.32. The van der Waals surface area contributed by atoms with Crippen molar-refractivity contribution >= 4 is 39.2 Å². The molecule has 5 rings (SSSR count). The number of aromatic nitrogens is 3. The van der Waals surface area contributed by atoms with Crippen LogP contribution in [0.1, 0.15) is 46.5 Å². The molecule has 0 atom stereocenters. The largest absolute Gasteiger partial charge is 0.497 e. The number of benzene rings is 3. The van der Waals surface area contributed by atoms with E-state index in [9.17, 15) is 9.59 Å². The maximum Gasteiger partial charge on any atom is 0.251 e. The van der Waals surface area contributed by atoms with Gasteiger partial charge in [-0.3, -0.25) is 19.1 Å². The first-order chi connectivity index (χ1) is 21.0. The zero-order chi connectivity index (χ0) is 31.9. The molecule has 0 saturated heterocycles. The molecule has 3 aromatic carbocycles. The summed E-state index contributed by atoms with van der Waals surface area (Å²) in [4.78, 5) is 28.7. The van der Waals surface area contributed by atoms with Crippen molar-refractivity contribution in [2.75, 3.05) is 39.0 Å². The van der Waals surface area contributed by atoms with Crippen molar-refractivity contribution in [2.45, 2.75) is 31.7 Å². The molecule has 1 aromatic heterocycles. The molecule has 9 nitrogen and oxygen atoms in total. The summed E-state index contributed by atoms with van der Waals surface area (Å²) in [6.07, 6.45) is 7.35. The van der Waals surface area contributed by atoms with E-state index in [1.807, 2.05) is 72.2 Å². The minimum atomic E-state index is -0.825. The number of nitrogens with zero attached hydrogens (tertiary/aromatic N) is 4. The maximum atomic E-state index is 12.0. The Kier molecular flexibility index (Phi) is 10.8. The van der Waals surface area contributed by atoms with E-state index in [0.29, 0.717) is 30.2 Å². The fourth-order valence-corrected chi connectivity index (χ4v) is 5.71. The molecule has 2 heterocycles. The Morgan fingerprint density at radius 1 is 0.977 bits per heavy atom. The van der Waals surface area contributed by atoms with Gasteiger partial charge in [0.05, 0.1) is 18.5 Å². The van der Waals surface area contributed by atoms with Gasteiger partial charge in [-0.25, -0.2) is 10.0 Å². The summed E-state index contributed by atoms with van der Waals surface area (Å²) in [5.74, 6) is 2.34. The number of aryl methyl sites for hydroxylation is 1. The fraction of sp³-hybridized carbons (Fsp3) is 0.303. The van der Waals surface area contributed by atoms with Crippen LogP contribution in [-0.2, 0) is 11.3 Å². The van der Waals surface area contributed by atoms with Gasteiger partial charge < -0.3 is 15.4 Å². The quantitative estimate of drug-likeness (QED) is 0.246. The van der Waals surface area contributed by atoms with Crippen molar-refractivity contribution < 1.29 is 14.3 Å². The summed E-state index contributed by atoms with van der Waals surface area (Å²) < 4.78 is 7.45. The number of carbonyl (C=O) groups excluding carboxylic acids is 2. The average molecular weight is 635 g/mol. The first kappa shape index (κ1) is 32.8. The zero-order valence-electron chi connectivity index (χ0n) is 26.0. The summed E-state index contributed by atoms with van der Waals surface area (Å²) in [6, 6.07) is 21.5. The first-order valence-corrected chi connectivity index (χ1v) is 17.4. The van der Waals surface area contributed by atoms with Crippen LogP contribution in [0.5, 0.6) is 5.75 Å². The lowest BCUT2D eigenvalue weighted by molar-refractivity contribution is -0.118. The van der Waals surface area contributed by atoms with E-state index in [1.54, 1.807) is 7.11 Å². The number of fused-ring (bicyclic) bond motifs is 3. The molecule has 0 unspecified atom stereocenters. The number of rotatable bonds is 8. The second-order valence-electron chi connectivity index (χ2n) is 11.0. The number of hydrogen-bond acceptors (Lipinski definition) is 6. The molecule has 1 aliphatic rings. The normalized spacial score (nSPS) is 12.4. The van der Waals surface area contributed by atoms with Gasteiger partial charge in [0, 0.05) is 41.7 Å². The lowest BCUT2D eigenvalue weighted by Gasteiger charge is -2.26. The lowest BCUT2D eigenvalue weighted by Crippen LogP contribution is -2.28. The van der Waals surface area contributed by atoms with E-state index in [1.165, 1.54) is 11.8 Å². The van der Waals surface area contributed by atoms with Crippen molar-refractivity contribution in [2.24, 2.45) is 4.99 Å². The van der Waals surface area contributed by atoms with Crippen molar-refractivity contribution in [3.8, 4) is 11.4 Å². The van der Waals surface area contributed by atoms with Gasteiger partial charge in [-0.1, -0.05) is 35.9 Å². The van der Waals surface area contributed by atoms with Crippen molar-refractivity contribution in [1.82, 2.24) is 25.4 Å². The van der Waals surface area contributed by atoms with Crippen molar-refractivity contribution in [3.05, 3.63) is 100 Å². The summed E-state index contributed by atoms with van der Waals surface area (Å²) >= 11 is 6.02. The van der Waals surface area contributed by atoms with Gasteiger partial charge in [-0.2, -0.15) is 0 Å². The van der Waals surface area contributed by atoms with E-state index < -0.39 is 10.0 Å². The van der Waals surface area contributed by atoms with E-state index in [2.05, 4.69) is 45.7 Å². The molecule has 44 heavy (non-hydrogen) atoms. The second-order valence-corrected chi connectivity index (χ2v) is 15.6. The molecule has 232 valence electrons. The van der Waals surface area contributed by atoms with Crippen LogP contribution in [0.2, 0.25) is 5.02 Å². The number of halogens is 1. The van der Waals surface area contributed by atoms with Crippen LogP contribution in [0.4, 0.5) is 0 Å². The third-order valence-electron chi connectivity index (χ3n) is 6.90. The number of aliphatic imine (C=N–C) groups is 1. The Morgan fingerprint density at radius 3 is 2.39 bits per heavy atom. The predicted octanol–water partition coefficient (Wildman–Crippen LogP) is 5.58. The van der Waals surface area contributed by atoms with Crippen LogP contribution < -0.4 is 15.4 Å². The lowest BCUT2D eigenvalue weighted by atomic mass is 10.00. The molecule has 11 heteroatoms. The minimum Gasteiger partial charge on any atom is -0.497 e. The maximum absolute atomic E-state index is 12.0. The first-order valence-electron chi connectivity index (χ1n) is 14.2. The fourth-order valence-electron chi connectivity index (χ4n) is 4.61. The standard InChI is InChI=1S/C18H15ClN4O.C15H24N2O2S/c1-11-21-22-17-10-20-18(12-3-5-13(19)6-4-12)15-9-14(24-2)7-8-16(15)23(11)17;1-12(18)16-9-6-10-17-15(19)13-7-5-8-14(11-13)20(2,3)4/h3-9H,10H2,1-2H3;5,7-8,11H,6,9-10H2,1-4H3,(H,16,18)(H,17,19). The van der Waals surface area contributed by atoms with Gasteiger partial charge in [-0.05, 0) is 79.5 Å². The van der Waals surface area contributed by atoms with Gasteiger partial charge in [-0.15, -0.1) is 10.2 Å². The minimum absolute atomic E-state index is 0.0443. The third kappa shape index (κ3) is 8.27. The molecule has 2 amide bonds. The molecule has 2 N–H and O–H groups in total. The number of hydrogen-bond donors (Lipinski definition) is 2. The molecule has 0 saturated carbocycles. The van der Waals surface area contributed by atoms with Gasteiger partial charge in [0.15, 0.2) is 5.82 Å². The molecule has 0 bridgehead atoms. The van der Waals surface area contributed by atoms with E-state index in [4.69, 9.17) is 21.3 Å². The van der Waals surface area contributed by atoms with Crippen molar-refractivity contribution in [1.29, 1.82) is 0 Å². The van der Waals surface area contributed by atoms with Gasteiger partial charge in [0.25, 0.3) is 5.91 Å². The molecular formula is C33H39ClN6O3S. The molecule has 0 aliphatic carbocycles. The van der Waals surface area contributed by atoms with Crippen LogP contribution in [0, 0.1) is 6.92 Å². The molecule has 4 aromatic rings. The van der Waals surface area contributed by atoms with E-state index >= 15 is 0 Å². The summed E-state index contributed by atoms with van der Waals surface area (Å²) in [5.41, 5.74) is 4.58. The number of carbonyl (C=O) groups is 2. The van der Waals surface area contributed by atoms with Crippen molar-refractivity contribution in [3.63, 3.8) is 0 Å². The van der Waals surface area contributed by atoms with Gasteiger partial charge in [0.2, 0.25) is 5.91 Å². The highest BCUT2D eigenvalue weighted by Gasteiger charge is 2.22. The average Bonchev–Trinajstić information content (AvgIpc) is 3.28. The summed E-state index contributed by atoms with van der Waals surface area (Å²) in [5, 5.41) is 14.7. The van der Waals surface area contributed by atoms with Crippen LogP contribution in [0.15, 0.2) is 76.6 Å². The number of methoxy groups -OCH3 is 1. The van der Waals surface area contributed by atoms with E-state index in [0.717, 1.165) is 46.3 Å². The Balaban J connectivity index is 0.000000205. The molecule has 0 fully saturated rings. The summed E-state index contributed by atoms with van der Waals surface area (Å²) in [6.45, 7) is 5.04. The van der Waals surface area contributed by atoms with Gasteiger partial charge >= 0.3 is 0 Å². The zero-order valence-corrected chi connectivity index (χ0v) is 27.6. The Labute approximate surface area is 265 Å². The van der Waals surface area contributed by atoms with Crippen LogP contribution in [0.25, 0.3) is 5.69 Å². The van der Waals surface area contributed by atoms with Crippen LogP contribution >= 0.6 is 21.6 Å². The van der Waals surface area contributed by atoms with Crippen LogP contribution in [0.3, 0.4) is 0 Å². The van der Waals surface area contributed by atoms with Gasteiger partial charge in [0.1, 0.15) is 18.1 Å². The topological polar surface area (TPSA) is 110 Å². The molecule has 1 aliphatic heterocycles.